The molecule has 1 N–H and O–H groups in total. The van der Waals surface area contributed by atoms with Crippen molar-refractivity contribution in [2.45, 2.75) is 20.4 Å². The van der Waals surface area contributed by atoms with Crippen LogP contribution >= 0.6 is 0 Å². The highest BCUT2D eigenvalue weighted by Crippen LogP contribution is 2.16. The second-order valence-electron chi connectivity index (χ2n) is 7.02. The Morgan fingerprint density at radius 3 is 2.53 bits per heavy atom. The van der Waals surface area contributed by atoms with Gasteiger partial charge in [0.1, 0.15) is 11.6 Å². The summed E-state index contributed by atoms with van der Waals surface area (Å²) in [6.07, 6.45) is 0. The predicted octanol–water partition coefficient (Wildman–Crippen LogP) is 3.13. The number of rotatable bonds is 6. The van der Waals surface area contributed by atoms with Gasteiger partial charge in [0.05, 0.1) is 11.1 Å². The van der Waals surface area contributed by atoms with Crippen molar-refractivity contribution in [3.63, 3.8) is 0 Å². The van der Waals surface area contributed by atoms with Gasteiger partial charge in [0.15, 0.2) is 12.3 Å². The molecule has 0 aliphatic heterocycles. The van der Waals surface area contributed by atoms with Crippen molar-refractivity contribution in [2.24, 2.45) is 5.92 Å². The number of aromatic nitrogens is 2. The number of nitrogens with zero attached hydrogens (tertiary/aromatic N) is 2. The van der Waals surface area contributed by atoms with E-state index in [-0.39, 0.29) is 22.9 Å². The van der Waals surface area contributed by atoms with Crippen LogP contribution in [0.25, 0.3) is 10.8 Å². The van der Waals surface area contributed by atoms with Crippen molar-refractivity contribution in [1.82, 2.24) is 9.78 Å². The van der Waals surface area contributed by atoms with Crippen molar-refractivity contribution in [2.75, 3.05) is 11.9 Å². The minimum Gasteiger partial charge on any atom is -0.451 e. The highest BCUT2D eigenvalue weighted by atomic mass is 19.1. The SMILES string of the molecule is CC(C)Cn1nc(C(=O)OCC(=O)Nc2cc(F)ccc2F)c2ccccc2c1=O. The largest absolute Gasteiger partial charge is 0.451 e. The van der Waals surface area contributed by atoms with Crippen LogP contribution in [0.2, 0.25) is 0 Å². The van der Waals surface area contributed by atoms with E-state index in [1.807, 2.05) is 13.8 Å². The fourth-order valence-electron chi connectivity index (χ4n) is 2.83. The van der Waals surface area contributed by atoms with E-state index in [0.29, 0.717) is 17.3 Å². The van der Waals surface area contributed by atoms with Gasteiger partial charge in [0.25, 0.3) is 11.5 Å². The number of halogens is 2. The summed E-state index contributed by atoms with van der Waals surface area (Å²) in [5, 5.41) is 6.84. The fraction of sp³-hybridized carbons (Fsp3) is 0.238. The number of benzene rings is 2. The Hall–Kier alpha value is -3.62. The summed E-state index contributed by atoms with van der Waals surface area (Å²) in [5.74, 6) is -3.23. The molecule has 30 heavy (non-hydrogen) atoms. The van der Waals surface area contributed by atoms with Gasteiger partial charge in [-0.15, -0.1) is 0 Å². The van der Waals surface area contributed by atoms with Crippen LogP contribution in [0, 0.1) is 17.6 Å². The number of ether oxygens (including phenoxy) is 1. The lowest BCUT2D eigenvalue weighted by Crippen LogP contribution is -2.29. The molecule has 0 aliphatic carbocycles. The monoisotopic (exact) mass is 415 g/mol. The van der Waals surface area contributed by atoms with Crippen LogP contribution in [-0.2, 0) is 16.1 Å². The number of esters is 1. The third-order valence-corrected chi connectivity index (χ3v) is 4.14. The normalized spacial score (nSPS) is 11.0. The fourth-order valence-corrected chi connectivity index (χ4v) is 2.83. The number of carbonyl (C=O) groups excluding carboxylic acids is 2. The Labute approximate surface area is 170 Å². The first-order chi connectivity index (χ1) is 14.3. The van der Waals surface area contributed by atoms with Gasteiger partial charge < -0.3 is 10.1 Å². The maximum atomic E-state index is 13.6. The molecule has 0 fully saturated rings. The maximum Gasteiger partial charge on any atom is 0.359 e. The van der Waals surface area contributed by atoms with Crippen LogP contribution < -0.4 is 10.9 Å². The maximum absolute atomic E-state index is 13.6. The summed E-state index contributed by atoms with van der Waals surface area (Å²) >= 11 is 0. The highest BCUT2D eigenvalue weighted by molar-refractivity contribution is 6.03. The van der Waals surface area contributed by atoms with Gasteiger partial charge in [-0.05, 0) is 24.1 Å². The third kappa shape index (κ3) is 4.68. The number of fused-ring (bicyclic) bond motifs is 1. The van der Waals surface area contributed by atoms with Crippen molar-refractivity contribution in [1.29, 1.82) is 0 Å². The number of hydrogen-bond acceptors (Lipinski definition) is 5. The molecule has 0 aliphatic rings. The quantitative estimate of drug-likeness (QED) is 0.625. The lowest BCUT2D eigenvalue weighted by atomic mass is 10.1. The molecule has 0 radical (unpaired) electrons. The van der Waals surface area contributed by atoms with Crippen LogP contribution in [0.15, 0.2) is 47.3 Å². The van der Waals surface area contributed by atoms with E-state index in [0.717, 1.165) is 18.2 Å². The molecule has 1 amide bonds. The third-order valence-electron chi connectivity index (χ3n) is 4.14. The Morgan fingerprint density at radius 2 is 1.83 bits per heavy atom. The van der Waals surface area contributed by atoms with Gasteiger partial charge in [-0.3, -0.25) is 9.59 Å². The molecule has 1 heterocycles. The molecular formula is C21H19F2N3O4. The van der Waals surface area contributed by atoms with Crippen LogP contribution in [0.4, 0.5) is 14.5 Å². The molecule has 7 nitrogen and oxygen atoms in total. The number of amides is 1. The second-order valence-corrected chi connectivity index (χ2v) is 7.02. The number of nitrogens with one attached hydrogen (secondary N) is 1. The average Bonchev–Trinajstić information content (AvgIpc) is 2.71. The molecule has 1 aromatic heterocycles. The van der Waals surface area contributed by atoms with Gasteiger partial charge in [-0.1, -0.05) is 32.0 Å². The summed E-state index contributed by atoms with van der Waals surface area (Å²) in [6, 6.07) is 9.03. The average molecular weight is 415 g/mol. The van der Waals surface area contributed by atoms with E-state index in [1.54, 1.807) is 24.3 Å². The lowest BCUT2D eigenvalue weighted by molar-refractivity contribution is -0.119. The number of hydrogen-bond donors (Lipinski definition) is 1. The van der Waals surface area contributed by atoms with Gasteiger partial charge in [0, 0.05) is 18.0 Å². The first kappa shape index (κ1) is 21.1. The van der Waals surface area contributed by atoms with Crippen molar-refractivity contribution in [3.8, 4) is 0 Å². The van der Waals surface area contributed by atoms with Crippen LogP contribution in [0.1, 0.15) is 24.3 Å². The Kier molecular flexibility index (Phi) is 6.20. The van der Waals surface area contributed by atoms with E-state index in [4.69, 9.17) is 4.74 Å². The summed E-state index contributed by atoms with van der Waals surface area (Å²) in [7, 11) is 0. The minimum absolute atomic E-state index is 0.104. The molecule has 0 unspecified atom stereocenters. The smallest absolute Gasteiger partial charge is 0.359 e. The highest BCUT2D eigenvalue weighted by Gasteiger charge is 2.19. The first-order valence-corrected chi connectivity index (χ1v) is 9.18. The molecule has 0 atom stereocenters. The van der Waals surface area contributed by atoms with Crippen molar-refractivity contribution in [3.05, 3.63) is 70.1 Å². The van der Waals surface area contributed by atoms with E-state index in [9.17, 15) is 23.2 Å². The van der Waals surface area contributed by atoms with E-state index in [1.165, 1.54) is 4.68 Å². The van der Waals surface area contributed by atoms with Gasteiger partial charge >= 0.3 is 5.97 Å². The first-order valence-electron chi connectivity index (χ1n) is 9.18. The zero-order chi connectivity index (χ0) is 21.8. The summed E-state index contributed by atoms with van der Waals surface area (Å²) in [5.41, 5.74) is -0.823. The second kappa shape index (κ2) is 8.81. The Morgan fingerprint density at radius 1 is 1.13 bits per heavy atom. The van der Waals surface area contributed by atoms with Crippen LogP contribution in [-0.4, -0.2) is 28.3 Å². The minimum atomic E-state index is -0.918. The summed E-state index contributed by atoms with van der Waals surface area (Å²) in [4.78, 5) is 37.1. The molecule has 3 aromatic rings. The topological polar surface area (TPSA) is 90.3 Å². The molecule has 2 aromatic carbocycles. The van der Waals surface area contributed by atoms with Crippen molar-refractivity contribution >= 4 is 28.3 Å². The Bertz CT molecular complexity index is 1170. The van der Waals surface area contributed by atoms with Crippen molar-refractivity contribution < 1.29 is 23.1 Å². The molecule has 0 bridgehead atoms. The number of anilines is 1. The zero-order valence-corrected chi connectivity index (χ0v) is 16.3. The zero-order valence-electron chi connectivity index (χ0n) is 16.3. The molecule has 9 heteroatoms. The molecule has 3 rings (SSSR count). The molecule has 0 saturated heterocycles. The summed E-state index contributed by atoms with van der Waals surface area (Å²) < 4.78 is 33.0. The van der Waals surface area contributed by atoms with Gasteiger partial charge in [0.2, 0.25) is 0 Å². The summed E-state index contributed by atoms with van der Waals surface area (Å²) in [6.45, 7) is 3.35. The molecule has 0 saturated carbocycles. The van der Waals surface area contributed by atoms with Crippen LogP contribution in [0.3, 0.4) is 0 Å². The molecule has 0 spiro atoms. The molecular weight excluding hydrogens is 396 g/mol. The van der Waals surface area contributed by atoms with E-state index >= 15 is 0 Å². The van der Waals surface area contributed by atoms with E-state index < -0.39 is 30.1 Å². The van der Waals surface area contributed by atoms with Gasteiger partial charge in [-0.2, -0.15) is 5.10 Å². The van der Waals surface area contributed by atoms with E-state index in [2.05, 4.69) is 10.4 Å². The predicted molar refractivity (Wildman–Crippen MR) is 106 cm³/mol. The lowest BCUT2D eigenvalue weighted by Gasteiger charge is -2.12. The number of carbonyl (C=O) groups is 2. The Balaban J connectivity index is 1.81. The van der Waals surface area contributed by atoms with Gasteiger partial charge in [-0.25, -0.2) is 18.3 Å². The van der Waals surface area contributed by atoms with Crippen LogP contribution in [0.5, 0.6) is 0 Å². The molecule has 156 valence electrons. The standard InChI is InChI=1S/C21H19F2N3O4/c1-12(2)10-26-20(28)15-6-4-3-5-14(15)19(25-26)21(29)30-11-18(27)24-17-9-13(22)7-8-16(17)23/h3-9,12H,10-11H2,1-2H3,(H,24,27).